The molecule has 0 amide bonds. The summed E-state index contributed by atoms with van der Waals surface area (Å²) < 4.78 is 12.7. The summed E-state index contributed by atoms with van der Waals surface area (Å²) in [6.45, 7) is 1.91. The molecule has 0 aliphatic rings. The maximum atomic E-state index is 12.7. The van der Waals surface area contributed by atoms with Gasteiger partial charge in [0.05, 0.1) is 6.07 Å². The lowest BCUT2D eigenvalue weighted by Gasteiger charge is -2.06. The summed E-state index contributed by atoms with van der Waals surface area (Å²) in [4.78, 5) is 0. The van der Waals surface area contributed by atoms with Gasteiger partial charge in [-0.2, -0.15) is 5.26 Å². The molecule has 62 valence electrons. The normalized spacial score (nSPS) is 12.1. The maximum Gasteiger partial charge on any atom is 0.123 e. The van der Waals surface area contributed by atoms with Gasteiger partial charge in [0, 0.05) is 6.42 Å². The van der Waals surface area contributed by atoms with Crippen LogP contribution in [-0.2, 0) is 0 Å². The fourth-order valence-electron chi connectivity index (χ4n) is 1.07. The molecule has 0 fully saturated rings. The van der Waals surface area contributed by atoms with Crippen molar-refractivity contribution in [1.29, 1.82) is 5.26 Å². The third kappa shape index (κ3) is 2.06. The zero-order chi connectivity index (χ0) is 8.97. The number of nitrogens with zero attached hydrogens (tertiary/aromatic N) is 1. The average Bonchev–Trinajstić information content (AvgIpc) is 2.05. The van der Waals surface area contributed by atoms with Crippen LogP contribution in [-0.4, -0.2) is 0 Å². The summed E-state index contributed by atoms with van der Waals surface area (Å²) >= 11 is 0. The smallest absolute Gasteiger partial charge is 0.123 e. The Morgan fingerprint density at radius 2 is 2.33 bits per heavy atom. The van der Waals surface area contributed by atoms with E-state index in [-0.39, 0.29) is 11.7 Å². The Kier molecular flexibility index (Phi) is 2.82. The van der Waals surface area contributed by atoms with Crippen LogP contribution in [0.5, 0.6) is 0 Å². The van der Waals surface area contributed by atoms with Gasteiger partial charge in [0.25, 0.3) is 0 Å². The van der Waals surface area contributed by atoms with E-state index in [4.69, 9.17) is 5.26 Å². The number of hydrogen-bond donors (Lipinski definition) is 0. The number of nitriles is 1. The highest BCUT2D eigenvalue weighted by Crippen LogP contribution is 2.18. The Bertz CT molecular complexity index is 301. The fraction of sp³-hybridized carbons (Fsp3) is 0.300. The van der Waals surface area contributed by atoms with Crippen LogP contribution in [0.25, 0.3) is 0 Å². The summed E-state index contributed by atoms with van der Waals surface area (Å²) in [6, 6.07) is 8.45. The van der Waals surface area contributed by atoms with Gasteiger partial charge in [-0.05, 0) is 23.6 Å². The van der Waals surface area contributed by atoms with Gasteiger partial charge >= 0.3 is 0 Å². The topological polar surface area (TPSA) is 23.8 Å². The van der Waals surface area contributed by atoms with E-state index in [0.29, 0.717) is 6.42 Å². The third-order valence-electron chi connectivity index (χ3n) is 1.82. The van der Waals surface area contributed by atoms with Crippen LogP contribution in [0.4, 0.5) is 4.39 Å². The van der Waals surface area contributed by atoms with E-state index in [9.17, 15) is 4.39 Å². The molecular formula is C10H10FN. The predicted octanol–water partition coefficient (Wildman–Crippen LogP) is 2.84. The van der Waals surface area contributed by atoms with Crippen LogP contribution < -0.4 is 0 Å². The molecule has 1 rings (SSSR count). The molecule has 0 radical (unpaired) electrons. The molecule has 0 aliphatic carbocycles. The average molecular weight is 163 g/mol. The van der Waals surface area contributed by atoms with Crippen molar-refractivity contribution in [3.05, 3.63) is 35.6 Å². The van der Waals surface area contributed by atoms with Gasteiger partial charge in [0.15, 0.2) is 0 Å². The molecule has 0 N–H and O–H groups in total. The summed E-state index contributed by atoms with van der Waals surface area (Å²) in [5.41, 5.74) is 0.886. The summed E-state index contributed by atoms with van der Waals surface area (Å²) in [5.74, 6) is -0.122. The minimum absolute atomic E-state index is 0.116. The van der Waals surface area contributed by atoms with E-state index < -0.39 is 0 Å². The molecule has 0 saturated heterocycles. The van der Waals surface area contributed by atoms with E-state index in [2.05, 4.69) is 6.07 Å². The van der Waals surface area contributed by atoms with Gasteiger partial charge in [-0.3, -0.25) is 0 Å². The molecule has 0 aromatic heterocycles. The van der Waals surface area contributed by atoms with Crippen molar-refractivity contribution >= 4 is 0 Å². The van der Waals surface area contributed by atoms with E-state index in [1.165, 1.54) is 12.1 Å². The number of rotatable bonds is 2. The standard InChI is InChI=1S/C10H10FN/c1-8(5-6-12)9-3-2-4-10(11)7-9/h2-4,7-8H,5H2,1H3. The van der Waals surface area contributed by atoms with Gasteiger partial charge in [0.1, 0.15) is 5.82 Å². The molecular weight excluding hydrogens is 153 g/mol. The molecule has 0 heterocycles. The molecule has 12 heavy (non-hydrogen) atoms. The molecule has 0 aliphatic heterocycles. The van der Waals surface area contributed by atoms with Crippen molar-refractivity contribution in [3.8, 4) is 6.07 Å². The highest BCUT2D eigenvalue weighted by atomic mass is 19.1. The summed E-state index contributed by atoms with van der Waals surface area (Å²) in [5, 5.41) is 8.42. The van der Waals surface area contributed by atoms with Crippen molar-refractivity contribution in [1.82, 2.24) is 0 Å². The van der Waals surface area contributed by atoms with Gasteiger partial charge in [-0.15, -0.1) is 0 Å². The van der Waals surface area contributed by atoms with Crippen LogP contribution >= 0.6 is 0 Å². The lowest BCUT2D eigenvalue weighted by atomic mass is 9.99. The van der Waals surface area contributed by atoms with Crippen molar-refractivity contribution in [2.45, 2.75) is 19.3 Å². The second kappa shape index (κ2) is 3.87. The molecule has 0 spiro atoms. The SMILES string of the molecule is CC(CC#N)c1cccc(F)c1. The van der Waals surface area contributed by atoms with Gasteiger partial charge in [-0.1, -0.05) is 19.1 Å². The summed E-state index contributed by atoms with van der Waals surface area (Å²) in [6.07, 6.45) is 0.434. The van der Waals surface area contributed by atoms with Gasteiger partial charge in [0.2, 0.25) is 0 Å². The van der Waals surface area contributed by atoms with E-state index in [1.54, 1.807) is 6.07 Å². The monoisotopic (exact) mass is 163 g/mol. The Hall–Kier alpha value is -1.36. The van der Waals surface area contributed by atoms with E-state index in [1.807, 2.05) is 13.0 Å². The highest BCUT2D eigenvalue weighted by Gasteiger charge is 2.04. The Balaban J connectivity index is 2.82. The zero-order valence-corrected chi connectivity index (χ0v) is 6.92. The predicted molar refractivity (Wildman–Crippen MR) is 45.0 cm³/mol. The highest BCUT2D eigenvalue weighted by molar-refractivity contribution is 5.20. The molecule has 1 unspecified atom stereocenters. The largest absolute Gasteiger partial charge is 0.207 e. The van der Waals surface area contributed by atoms with Crippen molar-refractivity contribution in [2.24, 2.45) is 0 Å². The van der Waals surface area contributed by atoms with Crippen LogP contribution in [0.15, 0.2) is 24.3 Å². The van der Waals surface area contributed by atoms with E-state index >= 15 is 0 Å². The van der Waals surface area contributed by atoms with Gasteiger partial charge in [-0.25, -0.2) is 4.39 Å². The maximum absolute atomic E-state index is 12.7. The molecule has 1 aromatic carbocycles. The zero-order valence-electron chi connectivity index (χ0n) is 6.92. The third-order valence-corrected chi connectivity index (χ3v) is 1.82. The van der Waals surface area contributed by atoms with Crippen LogP contribution in [0.1, 0.15) is 24.8 Å². The first kappa shape index (κ1) is 8.73. The summed E-state index contributed by atoms with van der Waals surface area (Å²) in [7, 11) is 0. The quantitative estimate of drug-likeness (QED) is 0.657. The Morgan fingerprint density at radius 1 is 1.58 bits per heavy atom. The number of hydrogen-bond acceptors (Lipinski definition) is 1. The number of benzene rings is 1. The fourth-order valence-corrected chi connectivity index (χ4v) is 1.07. The first-order valence-corrected chi connectivity index (χ1v) is 3.86. The molecule has 2 heteroatoms. The lowest BCUT2D eigenvalue weighted by molar-refractivity contribution is 0.622. The van der Waals surface area contributed by atoms with Crippen molar-refractivity contribution < 1.29 is 4.39 Å². The minimum Gasteiger partial charge on any atom is -0.207 e. The van der Waals surface area contributed by atoms with Crippen molar-refractivity contribution in [2.75, 3.05) is 0 Å². The number of halogens is 1. The molecule has 1 aromatic rings. The Labute approximate surface area is 71.4 Å². The first-order valence-electron chi connectivity index (χ1n) is 3.86. The van der Waals surface area contributed by atoms with Gasteiger partial charge < -0.3 is 0 Å². The van der Waals surface area contributed by atoms with Crippen LogP contribution in [0, 0.1) is 17.1 Å². The molecule has 1 nitrogen and oxygen atoms in total. The lowest BCUT2D eigenvalue weighted by Crippen LogP contribution is -1.92. The molecule has 0 saturated carbocycles. The second-order valence-electron chi connectivity index (χ2n) is 2.82. The Morgan fingerprint density at radius 3 is 2.92 bits per heavy atom. The van der Waals surface area contributed by atoms with Crippen molar-refractivity contribution in [3.63, 3.8) is 0 Å². The second-order valence-corrected chi connectivity index (χ2v) is 2.82. The molecule has 1 atom stereocenters. The van der Waals surface area contributed by atoms with Crippen LogP contribution in [0.3, 0.4) is 0 Å². The minimum atomic E-state index is -0.239. The molecule has 0 bridgehead atoms. The van der Waals surface area contributed by atoms with Crippen LogP contribution in [0.2, 0.25) is 0 Å². The first-order chi connectivity index (χ1) is 5.74. The van der Waals surface area contributed by atoms with E-state index in [0.717, 1.165) is 5.56 Å².